The molecule has 5 nitrogen and oxygen atoms in total. The molecule has 0 fully saturated rings. The van der Waals surface area contributed by atoms with Gasteiger partial charge in [-0.1, -0.05) is 0 Å². The molecule has 0 spiro atoms. The quantitative estimate of drug-likeness (QED) is 0.886. The van der Waals surface area contributed by atoms with Crippen molar-refractivity contribution >= 4 is 5.91 Å². The second kappa shape index (κ2) is 6.13. The van der Waals surface area contributed by atoms with Crippen molar-refractivity contribution < 1.29 is 14.3 Å². The van der Waals surface area contributed by atoms with Gasteiger partial charge in [-0.15, -0.1) is 0 Å². The van der Waals surface area contributed by atoms with Gasteiger partial charge in [-0.3, -0.25) is 9.69 Å². The fourth-order valence-corrected chi connectivity index (χ4v) is 2.76. The maximum atomic E-state index is 10.9. The van der Waals surface area contributed by atoms with Crippen LogP contribution in [-0.2, 0) is 11.2 Å². The molecule has 1 unspecified atom stereocenters. The number of benzene rings is 1. The largest absolute Gasteiger partial charge is 0.493 e. The molecular formula is C15H22N2O3. The summed E-state index contributed by atoms with van der Waals surface area (Å²) < 4.78 is 10.7. The van der Waals surface area contributed by atoms with Crippen LogP contribution in [0.15, 0.2) is 12.1 Å². The first-order valence-corrected chi connectivity index (χ1v) is 6.84. The maximum Gasteiger partial charge on any atom is 0.218 e. The topological polar surface area (TPSA) is 64.8 Å². The Morgan fingerprint density at radius 3 is 2.60 bits per heavy atom. The summed E-state index contributed by atoms with van der Waals surface area (Å²) in [5.41, 5.74) is 7.75. The number of amides is 1. The molecule has 1 aromatic rings. The number of nitrogens with zero attached hydrogens (tertiary/aromatic N) is 1. The third-order valence-corrected chi connectivity index (χ3v) is 3.96. The van der Waals surface area contributed by atoms with Gasteiger partial charge in [0.15, 0.2) is 11.5 Å². The van der Waals surface area contributed by atoms with Crippen LogP contribution >= 0.6 is 0 Å². The highest BCUT2D eigenvalue weighted by Crippen LogP contribution is 2.37. The fourth-order valence-electron chi connectivity index (χ4n) is 2.76. The first kappa shape index (κ1) is 14.7. The second-order valence-electron chi connectivity index (χ2n) is 5.08. The third-order valence-electron chi connectivity index (χ3n) is 3.96. The molecule has 0 aliphatic carbocycles. The van der Waals surface area contributed by atoms with E-state index >= 15 is 0 Å². The van der Waals surface area contributed by atoms with E-state index in [1.165, 1.54) is 11.1 Å². The molecule has 1 heterocycles. The lowest BCUT2D eigenvalue weighted by Crippen LogP contribution is -2.36. The normalized spacial score (nSPS) is 18.4. The summed E-state index contributed by atoms with van der Waals surface area (Å²) in [7, 11) is 3.29. The van der Waals surface area contributed by atoms with Crippen LogP contribution in [0.25, 0.3) is 0 Å². The van der Waals surface area contributed by atoms with Gasteiger partial charge in [0.1, 0.15) is 0 Å². The highest BCUT2D eigenvalue weighted by Gasteiger charge is 2.25. The summed E-state index contributed by atoms with van der Waals surface area (Å²) in [6, 6.07) is 4.34. The van der Waals surface area contributed by atoms with Crippen molar-refractivity contribution in [3.63, 3.8) is 0 Å². The summed E-state index contributed by atoms with van der Waals surface area (Å²) in [5, 5.41) is 0. The van der Waals surface area contributed by atoms with Crippen LogP contribution in [0.4, 0.5) is 0 Å². The lowest BCUT2D eigenvalue weighted by molar-refractivity contribution is -0.118. The Morgan fingerprint density at radius 2 is 2.00 bits per heavy atom. The summed E-state index contributed by atoms with van der Waals surface area (Å²) in [6.45, 7) is 3.77. The van der Waals surface area contributed by atoms with Crippen LogP contribution in [0.2, 0.25) is 0 Å². The Morgan fingerprint density at radius 1 is 1.35 bits per heavy atom. The van der Waals surface area contributed by atoms with E-state index in [1.54, 1.807) is 14.2 Å². The van der Waals surface area contributed by atoms with Crippen LogP contribution in [-0.4, -0.2) is 38.1 Å². The molecule has 0 bridgehead atoms. The molecule has 1 amide bonds. The van der Waals surface area contributed by atoms with Crippen molar-refractivity contribution in [3.8, 4) is 11.5 Å². The number of fused-ring (bicyclic) bond motifs is 1. The van der Waals surface area contributed by atoms with Crippen LogP contribution in [0.1, 0.15) is 30.5 Å². The standard InChI is InChI=1S/C15H22N2O3/c1-10-12-9-14(20-3)13(19-2)8-11(12)4-6-17(10)7-5-15(16)18/h8-10H,4-7H2,1-3H3,(H2,16,18). The molecule has 2 rings (SSSR count). The molecule has 0 saturated carbocycles. The van der Waals surface area contributed by atoms with Crippen molar-refractivity contribution in [1.82, 2.24) is 4.90 Å². The van der Waals surface area contributed by atoms with Crippen LogP contribution < -0.4 is 15.2 Å². The number of carbonyl (C=O) groups is 1. The molecule has 1 aromatic carbocycles. The van der Waals surface area contributed by atoms with Gasteiger partial charge in [0.25, 0.3) is 0 Å². The fraction of sp³-hybridized carbons (Fsp3) is 0.533. The van der Waals surface area contributed by atoms with E-state index in [0.717, 1.165) is 24.5 Å². The van der Waals surface area contributed by atoms with E-state index in [1.807, 2.05) is 6.07 Å². The average Bonchev–Trinajstić information content (AvgIpc) is 2.45. The zero-order valence-corrected chi connectivity index (χ0v) is 12.3. The average molecular weight is 278 g/mol. The Bertz CT molecular complexity index is 502. The monoisotopic (exact) mass is 278 g/mol. The van der Waals surface area contributed by atoms with Crippen molar-refractivity contribution in [2.45, 2.75) is 25.8 Å². The van der Waals surface area contributed by atoms with Crippen LogP contribution in [0.5, 0.6) is 11.5 Å². The predicted molar refractivity (Wildman–Crippen MR) is 77.0 cm³/mol. The van der Waals surface area contributed by atoms with Gasteiger partial charge < -0.3 is 15.2 Å². The summed E-state index contributed by atoms with van der Waals surface area (Å²) >= 11 is 0. The van der Waals surface area contributed by atoms with E-state index in [9.17, 15) is 4.79 Å². The van der Waals surface area contributed by atoms with Gasteiger partial charge in [0, 0.05) is 25.6 Å². The molecule has 1 aliphatic rings. The Kier molecular flexibility index (Phi) is 4.49. The Balaban J connectivity index is 2.24. The minimum absolute atomic E-state index is 0.248. The van der Waals surface area contributed by atoms with Gasteiger partial charge in [-0.2, -0.15) is 0 Å². The molecular weight excluding hydrogens is 256 g/mol. The number of hydrogen-bond acceptors (Lipinski definition) is 4. The highest BCUT2D eigenvalue weighted by molar-refractivity contribution is 5.73. The van der Waals surface area contributed by atoms with Gasteiger partial charge in [-0.25, -0.2) is 0 Å². The number of hydrogen-bond donors (Lipinski definition) is 1. The van der Waals surface area contributed by atoms with Crippen LogP contribution in [0.3, 0.4) is 0 Å². The smallest absolute Gasteiger partial charge is 0.218 e. The minimum Gasteiger partial charge on any atom is -0.493 e. The summed E-state index contributed by atoms with van der Waals surface area (Å²) in [4.78, 5) is 13.2. The molecule has 0 saturated heterocycles. The number of ether oxygens (including phenoxy) is 2. The molecule has 110 valence electrons. The molecule has 5 heteroatoms. The van der Waals surface area contributed by atoms with Gasteiger partial charge >= 0.3 is 0 Å². The number of rotatable bonds is 5. The number of carbonyl (C=O) groups excluding carboxylic acids is 1. The Labute approximate surface area is 119 Å². The van der Waals surface area contributed by atoms with E-state index in [4.69, 9.17) is 15.2 Å². The van der Waals surface area contributed by atoms with E-state index in [-0.39, 0.29) is 11.9 Å². The third kappa shape index (κ3) is 2.88. The summed E-state index contributed by atoms with van der Waals surface area (Å²) in [5.74, 6) is 1.26. The zero-order chi connectivity index (χ0) is 14.7. The minimum atomic E-state index is -0.254. The first-order valence-electron chi connectivity index (χ1n) is 6.84. The van der Waals surface area contributed by atoms with E-state index in [0.29, 0.717) is 13.0 Å². The Hall–Kier alpha value is -1.75. The lowest BCUT2D eigenvalue weighted by Gasteiger charge is -2.35. The number of nitrogens with two attached hydrogens (primary N) is 1. The maximum absolute atomic E-state index is 10.9. The first-order chi connectivity index (χ1) is 9.56. The summed E-state index contributed by atoms with van der Waals surface area (Å²) in [6.07, 6.45) is 1.34. The van der Waals surface area contributed by atoms with Crippen molar-refractivity contribution in [1.29, 1.82) is 0 Å². The molecule has 0 radical (unpaired) electrons. The van der Waals surface area contributed by atoms with Gasteiger partial charge in [0.2, 0.25) is 5.91 Å². The van der Waals surface area contributed by atoms with Crippen molar-refractivity contribution in [2.75, 3.05) is 27.3 Å². The molecule has 20 heavy (non-hydrogen) atoms. The molecule has 2 N–H and O–H groups in total. The number of methoxy groups -OCH3 is 2. The van der Waals surface area contributed by atoms with Crippen molar-refractivity contribution in [2.24, 2.45) is 5.73 Å². The SMILES string of the molecule is COc1cc2c(cc1OC)C(C)N(CCC(N)=O)CC2. The van der Waals surface area contributed by atoms with Crippen molar-refractivity contribution in [3.05, 3.63) is 23.3 Å². The van der Waals surface area contributed by atoms with E-state index in [2.05, 4.69) is 17.9 Å². The molecule has 1 atom stereocenters. The number of primary amides is 1. The molecule has 1 aliphatic heterocycles. The predicted octanol–water partition coefficient (Wildman–Crippen LogP) is 1.50. The van der Waals surface area contributed by atoms with E-state index < -0.39 is 0 Å². The van der Waals surface area contributed by atoms with Crippen LogP contribution in [0, 0.1) is 0 Å². The van der Waals surface area contributed by atoms with Gasteiger partial charge in [0.05, 0.1) is 14.2 Å². The molecule has 0 aromatic heterocycles. The lowest BCUT2D eigenvalue weighted by atomic mass is 9.92. The zero-order valence-electron chi connectivity index (χ0n) is 12.3. The van der Waals surface area contributed by atoms with Gasteiger partial charge in [-0.05, 0) is 36.6 Å². The second-order valence-corrected chi connectivity index (χ2v) is 5.08. The highest BCUT2D eigenvalue weighted by atomic mass is 16.5.